The van der Waals surface area contributed by atoms with Crippen LogP contribution in [0.2, 0.25) is 0 Å². The van der Waals surface area contributed by atoms with Gasteiger partial charge in [0.2, 0.25) is 0 Å². The van der Waals surface area contributed by atoms with Crippen LogP contribution >= 0.6 is 0 Å². The average Bonchev–Trinajstić information content (AvgIpc) is 3.04. The summed E-state index contributed by atoms with van der Waals surface area (Å²) in [6, 6.07) is 4.77. The number of rotatable bonds is 5. The fourth-order valence-corrected chi connectivity index (χ4v) is 3.90. The van der Waals surface area contributed by atoms with Crippen LogP contribution in [0.1, 0.15) is 29.9 Å². The summed E-state index contributed by atoms with van der Waals surface area (Å²) in [6.07, 6.45) is 8.29. The van der Waals surface area contributed by atoms with Crippen LogP contribution in [0.3, 0.4) is 0 Å². The molecule has 1 saturated heterocycles. The third-order valence-electron chi connectivity index (χ3n) is 5.20. The lowest BCUT2D eigenvalue weighted by Crippen LogP contribution is -2.43. The van der Waals surface area contributed by atoms with E-state index in [2.05, 4.69) is 38.7 Å². The van der Waals surface area contributed by atoms with E-state index < -0.39 is 0 Å². The Morgan fingerprint density at radius 2 is 2.12 bits per heavy atom. The molecule has 1 fully saturated rings. The van der Waals surface area contributed by atoms with Gasteiger partial charge in [-0.1, -0.05) is 6.07 Å². The van der Waals surface area contributed by atoms with Gasteiger partial charge in [0, 0.05) is 64.0 Å². The highest BCUT2D eigenvalue weighted by molar-refractivity contribution is 5.10. The molecule has 0 saturated carbocycles. The third-order valence-corrected chi connectivity index (χ3v) is 5.20. The topological polar surface area (TPSA) is 46.4 Å². The van der Waals surface area contributed by atoms with E-state index in [1.807, 2.05) is 18.5 Å². The molecular formula is C19H27N5O. The van der Waals surface area contributed by atoms with Crippen molar-refractivity contribution in [3.05, 3.63) is 47.8 Å². The van der Waals surface area contributed by atoms with Crippen molar-refractivity contribution in [2.45, 2.75) is 45.1 Å². The maximum atomic E-state index is 5.50. The Balaban J connectivity index is 1.36. The van der Waals surface area contributed by atoms with Crippen LogP contribution in [0, 0.1) is 0 Å². The van der Waals surface area contributed by atoms with Crippen LogP contribution in [0.5, 0.6) is 0 Å². The Bertz CT molecular complexity index is 680. The smallest absolute Gasteiger partial charge is 0.123 e. The summed E-state index contributed by atoms with van der Waals surface area (Å²) in [6.45, 7) is 6.71. The summed E-state index contributed by atoms with van der Waals surface area (Å²) in [7, 11) is 2.14. The minimum Gasteiger partial charge on any atom is -0.381 e. The van der Waals surface area contributed by atoms with E-state index in [4.69, 9.17) is 9.72 Å². The number of hydrogen-bond acceptors (Lipinski definition) is 5. The first-order valence-corrected chi connectivity index (χ1v) is 9.22. The molecule has 2 aliphatic heterocycles. The van der Waals surface area contributed by atoms with Crippen LogP contribution < -0.4 is 0 Å². The molecule has 0 N–H and O–H groups in total. The Hall–Kier alpha value is -1.76. The lowest BCUT2D eigenvalue weighted by molar-refractivity contribution is 0.0235. The van der Waals surface area contributed by atoms with Crippen LogP contribution in [0.25, 0.3) is 0 Å². The molecule has 2 aliphatic rings. The molecule has 0 radical (unpaired) electrons. The molecule has 6 nitrogen and oxygen atoms in total. The zero-order chi connectivity index (χ0) is 17.1. The molecular weight excluding hydrogens is 314 g/mol. The molecule has 0 spiro atoms. The minimum absolute atomic E-state index is 0.663. The molecule has 2 aromatic heterocycles. The van der Waals surface area contributed by atoms with Crippen molar-refractivity contribution < 1.29 is 4.74 Å². The fraction of sp³-hybridized carbons (Fsp3) is 0.579. The van der Waals surface area contributed by atoms with Crippen LogP contribution in [-0.2, 0) is 30.9 Å². The second kappa shape index (κ2) is 7.64. The van der Waals surface area contributed by atoms with Crippen molar-refractivity contribution in [1.29, 1.82) is 0 Å². The largest absolute Gasteiger partial charge is 0.381 e. The van der Waals surface area contributed by atoms with Gasteiger partial charge < -0.3 is 9.30 Å². The summed E-state index contributed by atoms with van der Waals surface area (Å²) >= 11 is 0. The summed E-state index contributed by atoms with van der Waals surface area (Å²) in [5, 5.41) is 0. The highest BCUT2D eigenvalue weighted by Gasteiger charge is 2.26. The minimum atomic E-state index is 0.663. The predicted molar refractivity (Wildman–Crippen MR) is 95.9 cm³/mol. The molecule has 0 aliphatic carbocycles. The fourth-order valence-electron chi connectivity index (χ4n) is 3.90. The lowest BCUT2D eigenvalue weighted by atomic mass is 10.1. The molecule has 0 unspecified atom stereocenters. The molecule has 4 heterocycles. The highest BCUT2D eigenvalue weighted by Crippen LogP contribution is 2.21. The molecule has 6 heteroatoms. The molecule has 25 heavy (non-hydrogen) atoms. The average molecular weight is 341 g/mol. The number of ether oxygens (including phenoxy) is 1. The molecule has 0 aromatic carbocycles. The van der Waals surface area contributed by atoms with Crippen molar-refractivity contribution in [3.63, 3.8) is 0 Å². The molecule has 2 aromatic rings. The standard InChI is InChI=1S/C19H27N5O/c1-22(12-16-3-2-6-20-11-16)13-17-14-24-8-7-23(15-19(24)21-17)18-4-9-25-10-5-18/h2-3,6,11,14,18H,4-5,7-10,12-13,15H2,1H3. The van der Waals surface area contributed by atoms with Crippen LogP contribution in [-0.4, -0.2) is 57.2 Å². The lowest BCUT2D eigenvalue weighted by Gasteiger charge is -2.36. The molecule has 4 rings (SSSR count). The number of nitrogens with zero attached hydrogens (tertiary/aromatic N) is 5. The van der Waals surface area contributed by atoms with E-state index >= 15 is 0 Å². The summed E-state index contributed by atoms with van der Waals surface area (Å²) in [5.41, 5.74) is 2.40. The van der Waals surface area contributed by atoms with Crippen molar-refractivity contribution >= 4 is 0 Å². The van der Waals surface area contributed by atoms with Crippen molar-refractivity contribution in [2.24, 2.45) is 0 Å². The van der Waals surface area contributed by atoms with Gasteiger partial charge >= 0.3 is 0 Å². The second-order valence-electron chi connectivity index (χ2n) is 7.19. The number of fused-ring (bicyclic) bond motifs is 1. The number of pyridine rings is 1. The number of imidazole rings is 1. The van der Waals surface area contributed by atoms with Gasteiger partial charge in [0.15, 0.2) is 0 Å². The van der Waals surface area contributed by atoms with E-state index in [1.165, 1.54) is 11.4 Å². The number of hydrogen-bond donors (Lipinski definition) is 0. The summed E-state index contributed by atoms with van der Waals surface area (Å²) < 4.78 is 7.84. The van der Waals surface area contributed by atoms with Gasteiger partial charge in [-0.25, -0.2) is 4.98 Å². The van der Waals surface area contributed by atoms with Crippen molar-refractivity contribution in [1.82, 2.24) is 24.3 Å². The SMILES string of the molecule is CN(Cc1cccnc1)Cc1cn2c(n1)CN(C1CCOCC1)CC2. The Kier molecular flexibility index (Phi) is 5.10. The van der Waals surface area contributed by atoms with Gasteiger partial charge in [0.05, 0.1) is 12.2 Å². The quantitative estimate of drug-likeness (QED) is 0.831. The first-order valence-electron chi connectivity index (χ1n) is 9.22. The van der Waals surface area contributed by atoms with Gasteiger partial charge in [0.25, 0.3) is 0 Å². The predicted octanol–water partition coefficient (Wildman–Crippen LogP) is 1.90. The summed E-state index contributed by atoms with van der Waals surface area (Å²) in [5.74, 6) is 1.21. The Labute approximate surface area is 149 Å². The molecule has 0 atom stereocenters. The van der Waals surface area contributed by atoms with Gasteiger partial charge in [0.1, 0.15) is 5.82 Å². The maximum absolute atomic E-state index is 5.50. The normalized spacial score (nSPS) is 19.3. The zero-order valence-electron chi connectivity index (χ0n) is 15.0. The van der Waals surface area contributed by atoms with Gasteiger partial charge in [-0.2, -0.15) is 0 Å². The molecule has 134 valence electrons. The van der Waals surface area contributed by atoms with E-state index in [0.717, 1.165) is 64.5 Å². The molecule has 0 bridgehead atoms. The summed E-state index contributed by atoms with van der Waals surface area (Å²) in [4.78, 5) is 14.0. The first-order chi connectivity index (χ1) is 12.3. The maximum Gasteiger partial charge on any atom is 0.123 e. The van der Waals surface area contributed by atoms with Crippen LogP contribution in [0.4, 0.5) is 0 Å². The third kappa shape index (κ3) is 4.08. The van der Waals surface area contributed by atoms with E-state index in [0.29, 0.717) is 6.04 Å². The zero-order valence-corrected chi connectivity index (χ0v) is 15.0. The van der Waals surface area contributed by atoms with E-state index in [1.54, 1.807) is 0 Å². The molecule has 0 amide bonds. The van der Waals surface area contributed by atoms with Gasteiger partial charge in [-0.15, -0.1) is 0 Å². The van der Waals surface area contributed by atoms with Gasteiger partial charge in [-0.3, -0.25) is 14.8 Å². The van der Waals surface area contributed by atoms with Gasteiger partial charge in [-0.05, 0) is 31.5 Å². The first kappa shape index (κ1) is 16.7. The van der Waals surface area contributed by atoms with Crippen molar-refractivity contribution in [2.75, 3.05) is 26.8 Å². The highest BCUT2D eigenvalue weighted by atomic mass is 16.5. The Morgan fingerprint density at radius 3 is 2.92 bits per heavy atom. The van der Waals surface area contributed by atoms with Crippen LogP contribution in [0.15, 0.2) is 30.7 Å². The van der Waals surface area contributed by atoms with E-state index in [-0.39, 0.29) is 0 Å². The second-order valence-corrected chi connectivity index (χ2v) is 7.19. The Morgan fingerprint density at radius 1 is 1.24 bits per heavy atom. The monoisotopic (exact) mass is 341 g/mol. The van der Waals surface area contributed by atoms with E-state index in [9.17, 15) is 0 Å². The number of aromatic nitrogens is 3. The van der Waals surface area contributed by atoms with Crippen molar-refractivity contribution in [3.8, 4) is 0 Å².